The van der Waals surface area contributed by atoms with E-state index >= 15 is 0 Å². The Labute approximate surface area is 130 Å². The number of ether oxygens (including phenoxy) is 1. The van der Waals surface area contributed by atoms with E-state index in [4.69, 9.17) is 4.74 Å². The summed E-state index contributed by atoms with van der Waals surface area (Å²) in [6, 6.07) is 5.22. The first-order valence-electron chi connectivity index (χ1n) is 7.71. The molecule has 1 N–H and O–H groups in total. The molecule has 1 unspecified atom stereocenters. The third kappa shape index (κ3) is 4.00. The number of aryl methyl sites for hydroxylation is 2. The number of likely N-dealkylation sites (tertiary alicyclic amines) is 1. The number of benzene rings is 1. The molecule has 1 aliphatic rings. The fourth-order valence-electron chi connectivity index (χ4n) is 2.84. The Hall–Kier alpha value is -2.04. The van der Waals surface area contributed by atoms with Crippen LogP contribution in [0.1, 0.15) is 36.8 Å². The molecule has 0 saturated carbocycles. The molecule has 0 aromatic heterocycles. The zero-order chi connectivity index (χ0) is 16.1. The Morgan fingerprint density at radius 1 is 1.32 bits per heavy atom. The third-order valence-electron chi connectivity index (χ3n) is 4.01. The maximum Gasteiger partial charge on any atom is 0.326 e. The highest BCUT2D eigenvalue weighted by Gasteiger charge is 2.31. The summed E-state index contributed by atoms with van der Waals surface area (Å²) in [5.41, 5.74) is 2.20. The van der Waals surface area contributed by atoms with Crippen molar-refractivity contribution in [3.8, 4) is 5.75 Å². The lowest BCUT2D eigenvalue weighted by atomic mass is 10.0. The summed E-state index contributed by atoms with van der Waals surface area (Å²) in [4.78, 5) is 24.9. The lowest BCUT2D eigenvalue weighted by Gasteiger charge is -2.33. The highest BCUT2D eigenvalue weighted by Crippen LogP contribution is 2.20. The Kier molecular flexibility index (Phi) is 5.41. The summed E-state index contributed by atoms with van der Waals surface area (Å²) < 4.78 is 5.65. The lowest BCUT2D eigenvalue weighted by Crippen LogP contribution is -2.48. The van der Waals surface area contributed by atoms with E-state index in [0.29, 0.717) is 13.0 Å². The summed E-state index contributed by atoms with van der Waals surface area (Å²) in [5.74, 6) is -0.285. The highest BCUT2D eigenvalue weighted by molar-refractivity contribution is 5.83. The van der Waals surface area contributed by atoms with Gasteiger partial charge in [0.1, 0.15) is 11.8 Å². The first-order valence-corrected chi connectivity index (χ1v) is 7.71. The third-order valence-corrected chi connectivity index (χ3v) is 4.01. The average molecular weight is 305 g/mol. The van der Waals surface area contributed by atoms with Gasteiger partial charge in [-0.2, -0.15) is 0 Å². The number of aliphatic carboxylic acids is 1. The molecular formula is C17H23NO4. The minimum atomic E-state index is -0.914. The van der Waals surface area contributed by atoms with Crippen LogP contribution in [0.2, 0.25) is 0 Å². The van der Waals surface area contributed by atoms with Crippen LogP contribution < -0.4 is 4.74 Å². The first-order chi connectivity index (χ1) is 10.5. The van der Waals surface area contributed by atoms with Gasteiger partial charge in [0.15, 0.2) is 0 Å². The molecule has 2 rings (SSSR count). The largest absolute Gasteiger partial charge is 0.493 e. The SMILES string of the molecule is Cc1ccc(OCCC(=O)N2CCCCC2C(=O)O)c(C)c1. The van der Waals surface area contributed by atoms with E-state index in [2.05, 4.69) is 0 Å². The topological polar surface area (TPSA) is 66.8 Å². The van der Waals surface area contributed by atoms with Crippen molar-refractivity contribution in [1.29, 1.82) is 0 Å². The summed E-state index contributed by atoms with van der Waals surface area (Å²) in [6.45, 7) is 4.78. The summed E-state index contributed by atoms with van der Waals surface area (Å²) in [6.07, 6.45) is 2.48. The second-order valence-electron chi connectivity index (χ2n) is 5.80. The van der Waals surface area contributed by atoms with E-state index in [1.54, 1.807) is 0 Å². The number of carbonyl (C=O) groups excluding carboxylic acids is 1. The molecule has 0 aliphatic carbocycles. The molecule has 22 heavy (non-hydrogen) atoms. The molecule has 120 valence electrons. The molecule has 1 aromatic rings. The molecule has 1 aromatic carbocycles. The Morgan fingerprint density at radius 2 is 2.09 bits per heavy atom. The van der Waals surface area contributed by atoms with Crippen LogP contribution in [-0.2, 0) is 9.59 Å². The van der Waals surface area contributed by atoms with Gasteiger partial charge in [-0.25, -0.2) is 4.79 Å². The molecule has 1 aliphatic heterocycles. The molecular weight excluding hydrogens is 282 g/mol. The van der Waals surface area contributed by atoms with Gasteiger partial charge in [0, 0.05) is 6.54 Å². The minimum Gasteiger partial charge on any atom is -0.493 e. The zero-order valence-corrected chi connectivity index (χ0v) is 13.2. The second-order valence-corrected chi connectivity index (χ2v) is 5.80. The molecule has 5 nitrogen and oxygen atoms in total. The quantitative estimate of drug-likeness (QED) is 0.908. The molecule has 1 amide bonds. The molecule has 5 heteroatoms. The molecule has 1 atom stereocenters. The van der Waals surface area contributed by atoms with Gasteiger partial charge >= 0.3 is 5.97 Å². The van der Waals surface area contributed by atoms with Gasteiger partial charge < -0.3 is 14.7 Å². The van der Waals surface area contributed by atoms with E-state index in [1.807, 2.05) is 32.0 Å². The fourth-order valence-corrected chi connectivity index (χ4v) is 2.84. The van der Waals surface area contributed by atoms with Gasteiger partial charge in [-0.05, 0) is 44.7 Å². The monoisotopic (exact) mass is 305 g/mol. The van der Waals surface area contributed by atoms with Crippen molar-refractivity contribution in [3.05, 3.63) is 29.3 Å². The number of rotatable bonds is 5. The zero-order valence-electron chi connectivity index (χ0n) is 13.2. The minimum absolute atomic E-state index is 0.142. The van der Waals surface area contributed by atoms with Crippen molar-refractivity contribution in [2.45, 2.75) is 45.6 Å². The van der Waals surface area contributed by atoms with Crippen LogP contribution in [0.4, 0.5) is 0 Å². The standard InChI is InChI=1S/C17H23NO4/c1-12-6-7-15(13(2)11-12)22-10-8-16(19)18-9-4-3-5-14(18)17(20)21/h6-7,11,14H,3-5,8-10H2,1-2H3,(H,20,21). The van der Waals surface area contributed by atoms with Crippen molar-refractivity contribution in [2.24, 2.45) is 0 Å². The number of carboxylic acids is 1. The summed E-state index contributed by atoms with van der Waals surface area (Å²) in [7, 11) is 0. The van der Waals surface area contributed by atoms with Gasteiger partial charge in [-0.15, -0.1) is 0 Å². The second kappa shape index (κ2) is 7.29. The molecule has 1 saturated heterocycles. The lowest BCUT2D eigenvalue weighted by molar-refractivity contribution is -0.152. The Bertz CT molecular complexity index is 556. The molecule has 0 radical (unpaired) electrons. The van der Waals surface area contributed by atoms with Crippen molar-refractivity contribution in [2.75, 3.05) is 13.2 Å². The van der Waals surface area contributed by atoms with Gasteiger partial charge in [0.2, 0.25) is 5.91 Å². The predicted molar refractivity (Wildman–Crippen MR) is 83.0 cm³/mol. The van der Waals surface area contributed by atoms with E-state index in [-0.39, 0.29) is 18.9 Å². The average Bonchev–Trinajstić information content (AvgIpc) is 2.49. The number of amides is 1. The molecule has 1 heterocycles. The van der Waals surface area contributed by atoms with E-state index in [1.165, 1.54) is 10.5 Å². The predicted octanol–water partition coefficient (Wildman–Crippen LogP) is 2.54. The first kappa shape index (κ1) is 16.3. The van der Waals surface area contributed by atoms with Crippen LogP contribution in [0.15, 0.2) is 18.2 Å². The number of carboxylic acid groups (broad SMARTS) is 1. The maximum atomic E-state index is 12.2. The van der Waals surface area contributed by atoms with E-state index in [9.17, 15) is 14.7 Å². The van der Waals surface area contributed by atoms with Gasteiger partial charge in [0.25, 0.3) is 0 Å². The summed E-state index contributed by atoms with van der Waals surface area (Å²) in [5, 5.41) is 9.20. The van der Waals surface area contributed by atoms with Gasteiger partial charge in [-0.3, -0.25) is 4.79 Å². The highest BCUT2D eigenvalue weighted by atomic mass is 16.5. The van der Waals surface area contributed by atoms with Gasteiger partial charge in [0.05, 0.1) is 13.0 Å². The van der Waals surface area contributed by atoms with E-state index in [0.717, 1.165) is 24.2 Å². The van der Waals surface area contributed by atoms with Crippen molar-refractivity contribution >= 4 is 11.9 Å². The number of carbonyl (C=O) groups is 2. The van der Waals surface area contributed by atoms with Crippen molar-refractivity contribution in [1.82, 2.24) is 4.90 Å². The van der Waals surface area contributed by atoms with Crippen LogP contribution in [-0.4, -0.2) is 41.1 Å². The van der Waals surface area contributed by atoms with Crippen LogP contribution in [0, 0.1) is 13.8 Å². The number of hydrogen-bond acceptors (Lipinski definition) is 3. The van der Waals surface area contributed by atoms with E-state index < -0.39 is 12.0 Å². The van der Waals surface area contributed by atoms with Crippen molar-refractivity contribution < 1.29 is 19.4 Å². The number of nitrogens with zero attached hydrogens (tertiary/aromatic N) is 1. The Morgan fingerprint density at radius 3 is 2.77 bits per heavy atom. The molecule has 1 fully saturated rings. The fraction of sp³-hybridized carbons (Fsp3) is 0.529. The van der Waals surface area contributed by atoms with Crippen molar-refractivity contribution in [3.63, 3.8) is 0 Å². The maximum absolute atomic E-state index is 12.2. The smallest absolute Gasteiger partial charge is 0.326 e. The molecule has 0 spiro atoms. The van der Waals surface area contributed by atoms with Gasteiger partial charge in [-0.1, -0.05) is 17.7 Å². The normalized spacial score (nSPS) is 18.1. The van der Waals surface area contributed by atoms with Crippen LogP contribution in [0.25, 0.3) is 0 Å². The van der Waals surface area contributed by atoms with Crippen LogP contribution in [0.3, 0.4) is 0 Å². The van der Waals surface area contributed by atoms with Crippen LogP contribution in [0.5, 0.6) is 5.75 Å². The Balaban J connectivity index is 1.87. The number of piperidine rings is 1. The summed E-state index contributed by atoms with van der Waals surface area (Å²) >= 11 is 0. The van der Waals surface area contributed by atoms with Crippen LogP contribution >= 0.6 is 0 Å². The number of hydrogen-bond donors (Lipinski definition) is 1. The molecule has 0 bridgehead atoms.